The highest BCUT2D eigenvalue weighted by atomic mass is 16.5. The Morgan fingerprint density at radius 2 is 1.94 bits per heavy atom. The fraction of sp³-hybridized carbons (Fsp3) is 0.444. The van der Waals surface area contributed by atoms with Crippen LogP contribution in [0.5, 0.6) is 0 Å². The lowest BCUT2D eigenvalue weighted by Crippen LogP contribution is -2.28. The number of ether oxygens (including phenoxy) is 1. The van der Waals surface area contributed by atoms with Gasteiger partial charge < -0.3 is 19.9 Å². The first-order valence-electron chi connectivity index (χ1n) is 12.3. The molecule has 3 aromatic rings. The number of carbonyl (C=O) groups is 2. The van der Waals surface area contributed by atoms with Crippen molar-refractivity contribution in [3.8, 4) is 0 Å². The molecule has 2 amide bonds. The lowest BCUT2D eigenvalue weighted by molar-refractivity contribution is -0.120. The number of aryl methyl sites for hydroxylation is 1. The summed E-state index contributed by atoms with van der Waals surface area (Å²) in [7, 11) is 1.66. The van der Waals surface area contributed by atoms with Crippen LogP contribution in [0.2, 0.25) is 0 Å². The van der Waals surface area contributed by atoms with E-state index in [1.54, 1.807) is 19.5 Å². The van der Waals surface area contributed by atoms with Crippen LogP contribution in [0.25, 0.3) is 11.0 Å². The molecule has 1 heterocycles. The predicted octanol–water partition coefficient (Wildman–Crippen LogP) is 4.62. The van der Waals surface area contributed by atoms with Gasteiger partial charge in [0.05, 0.1) is 35.6 Å². The number of benzene rings is 2. The van der Waals surface area contributed by atoms with Crippen molar-refractivity contribution in [1.29, 1.82) is 0 Å². The molecule has 1 aromatic heterocycles. The number of methoxy groups -OCH3 is 1. The van der Waals surface area contributed by atoms with Gasteiger partial charge in [-0.25, -0.2) is 4.98 Å². The minimum atomic E-state index is -0.153. The van der Waals surface area contributed by atoms with E-state index in [2.05, 4.69) is 27.8 Å². The highest BCUT2D eigenvalue weighted by molar-refractivity contribution is 6.08. The summed E-state index contributed by atoms with van der Waals surface area (Å²) < 4.78 is 7.20. The van der Waals surface area contributed by atoms with Crippen LogP contribution < -0.4 is 10.6 Å². The molecule has 1 saturated carbocycles. The summed E-state index contributed by atoms with van der Waals surface area (Å²) in [6.45, 7) is 1.11. The quantitative estimate of drug-likeness (QED) is 0.539. The van der Waals surface area contributed by atoms with Crippen molar-refractivity contribution in [3.05, 3.63) is 59.4 Å². The van der Waals surface area contributed by atoms with Gasteiger partial charge in [0.25, 0.3) is 5.91 Å². The molecule has 1 atom stereocenters. The minimum absolute atomic E-state index is 0.0189. The predicted molar refractivity (Wildman–Crippen MR) is 132 cm³/mol. The Balaban J connectivity index is 1.45. The molecule has 7 heteroatoms. The third kappa shape index (κ3) is 4.57. The van der Waals surface area contributed by atoms with Crippen LogP contribution in [-0.4, -0.2) is 35.1 Å². The van der Waals surface area contributed by atoms with E-state index in [1.807, 2.05) is 22.8 Å². The Bertz CT molecular complexity index is 1200. The molecule has 2 aliphatic rings. The van der Waals surface area contributed by atoms with Gasteiger partial charge >= 0.3 is 0 Å². The van der Waals surface area contributed by atoms with Crippen LogP contribution >= 0.6 is 0 Å². The number of hydrogen-bond acceptors (Lipinski definition) is 4. The zero-order chi connectivity index (χ0) is 23.5. The number of nitrogens with one attached hydrogen (secondary N) is 2. The maximum atomic E-state index is 13.6. The molecule has 0 radical (unpaired) electrons. The molecule has 2 N–H and O–H groups in total. The molecule has 2 aromatic carbocycles. The third-order valence-corrected chi connectivity index (χ3v) is 7.18. The van der Waals surface area contributed by atoms with E-state index >= 15 is 0 Å². The van der Waals surface area contributed by atoms with Gasteiger partial charge in [0.15, 0.2) is 0 Å². The second-order valence-electron chi connectivity index (χ2n) is 9.41. The lowest BCUT2D eigenvalue weighted by Gasteiger charge is -2.21. The van der Waals surface area contributed by atoms with Crippen molar-refractivity contribution in [3.63, 3.8) is 0 Å². The van der Waals surface area contributed by atoms with Crippen molar-refractivity contribution in [2.24, 2.45) is 5.92 Å². The number of amides is 2. The zero-order valence-corrected chi connectivity index (χ0v) is 19.7. The highest BCUT2D eigenvalue weighted by Crippen LogP contribution is 2.32. The molecule has 34 heavy (non-hydrogen) atoms. The van der Waals surface area contributed by atoms with Crippen molar-refractivity contribution in [2.75, 3.05) is 19.0 Å². The number of nitrogens with zero attached hydrogens (tertiary/aromatic N) is 2. The van der Waals surface area contributed by atoms with Crippen molar-refractivity contribution >= 4 is 28.5 Å². The summed E-state index contributed by atoms with van der Waals surface area (Å²) in [6.07, 6.45) is 8.81. The van der Waals surface area contributed by atoms with Gasteiger partial charge in [-0.1, -0.05) is 43.5 Å². The molecule has 1 unspecified atom stereocenters. The Morgan fingerprint density at radius 1 is 1.12 bits per heavy atom. The number of rotatable bonds is 7. The highest BCUT2D eigenvalue weighted by Gasteiger charge is 2.26. The second-order valence-corrected chi connectivity index (χ2v) is 9.41. The van der Waals surface area contributed by atoms with Gasteiger partial charge in [-0.2, -0.15) is 0 Å². The molecule has 0 aliphatic heterocycles. The van der Waals surface area contributed by atoms with Crippen LogP contribution in [0.1, 0.15) is 66.1 Å². The van der Waals surface area contributed by atoms with E-state index < -0.39 is 0 Å². The first-order chi connectivity index (χ1) is 16.6. The fourth-order valence-corrected chi connectivity index (χ4v) is 5.37. The number of aromatic nitrogens is 2. The normalized spacial score (nSPS) is 18.1. The smallest absolute Gasteiger partial charge is 0.254 e. The van der Waals surface area contributed by atoms with Crippen LogP contribution in [0.3, 0.4) is 0 Å². The molecular formula is C27H32N4O3. The van der Waals surface area contributed by atoms with Gasteiger partial charge in [-0.05, 0) is 48.9 Å². The number of carbonyl (C=O) groups excluding carboxylic acids is 2. The Hall–Kier alpha value is -3.19. The monoisotopic (exact) mass is 460 g/mol. The van der Waals surface area contributed by atoms with Crippen LogP contribution in [-0.2, 0) is 22.5 Å². The molecular weight excluding hydrogens is 428 g/mol. The topological polar surface area (TPSA) is 85.2 Å². The van der Waals surface area contributed by atoms with Crippen LogP contribution in [0.4, 0.5) is 5.69 Å². The van der Waals surface area contributed by atoms with Crippen molar-refractivity contribution in [1.82, 2.24) is 14.9 Å². The van der Waals surface area contributed by atoms with E-state index in [1.165, 1.54) is 17.5 Å². The van der Waals surface area contributed by atoms with Crippen molar-refractivity contribution < 1.29 is 14.3 Å². The number of imidazole rings is 1. The van der Waals surface area contributed by atoms with Crippen molar-refractivity contribution in [2.45, 2.75) is 57.5 Å². The van der Waals surface area contributed by atoms with Gasteiger partial charge in [-0.15, -0.1) is 0 Å². The van der Waals surface area contributed by atoms with Gasteiger partial charge in [0.1, 0.15) is 0 Å². The number of fused-ring (bicyclic) bond motifs is 2. The summed E-state index contributed by atoms with van der Waals surface area (Å²) in [5.74, 6) is -0.0791. The summed E-state index contributed by atoms with van der Waals surface area (Å²) in [6, 6.07) is 11.9. The molecule has 0 saturated heterocycles. The fourth-order valence-electron chi connectivity index (χ4n) is 5.37. The molecule has 1 fully saturated rings. The minimum Gasteiger partial charge on any atom is -0.383 e. The summed E-state index contributed by atoms with van der Waals surface area (Å²) in [4.78, 5) is 31.0. The zero-order valence-electron chi connectivity index (χ0n) is 19.7. The standard InChI is InChI=1S/C27H32N4O3/c1-34-14-13-31-17-28-24-16-20(29-26(32)19-8-3-2-4-9-19)15-22(25(24)31)27(33)30-23-12-11-18-7-5-6-10-21(18)23/h5-7,10,15-17,19,23H,2-4,8-9,11-14H2,1H3,(H,29,32)(H,30,33). The van der Waals surface area contributed by atoms with E-state index in [-0.39, 0.29) is 23.8 Å². The van der Waals surface area contributed by atoms with Gasteiger partial charge in [-0.3, -0.25) is 9.59 Å². The summed E-state index contributed by atoms with van der Waals surface area (Å²) in [5.41, 5.74) is 5.07. The van der Waals surface area contributed by atoms with E-state index in [0.717, 1.165) is 44.0 Å². The van der Waals surface area contributed by atoms with Gasteiger partial charge in [0, 0.05) is 25.3 Å². The number of hydrogen-bond donors (Lipinski definition) is 2. The van der Waals surface area contributed by atoms with E-state index in [4.69, 9.17) is 4.74 Å². The summed E-state index contributed by atoms with van der Waals surface area (Å²) >= 11 is 0. The molecule has 178 valence electrons. The molecule has 2 aliphatic carbocycles. The lowest BCUT2D eigenvalue weighted by atomic mass is 9.88. The van der Waals surface area contributed by atoms with E-state index in [0.29, 0.717) is 29.9 Å². The molecule has 0 spiro atoms. The molecule has 0 bridgehead atoms. The van der Waals surface area contributed by atoms with Gasteiger partial charge in [0.2, 0.25) is 5.91 Å². The van der Waals surface area contributed by atoms with E-state index in [9.17, 15) is 9.59 Å². The first kappa shape index (κ1) is 22.6. The first-order valence-corrected chi connectivity index (χ1v) is 12.3. The average molecular weight is 461 g/mol. The van der Waals surface area contributed by atoms with Crippen LogP contribution in [0.15, 0.2) is 42.7 Å². The Kier molecular flexibility index (Phi) is 6.63. The largest absolute Gasteiger partial charge is 0.383 e. The maximum Gasteiger partial charge on any atom is 0.254 e. The number of anilines is 1. The molecule has 5 rings (SSSR count). The maximum absolute atomic E-state index is 13.6. The summed E-state index contributed by atoms with van der Waals surface area (Å²) in [5, 5.41) is 6.30. The second kappa shape index (κ2) is 9.97. The average Bonchev–Trinajstić information content (AvgIpc) is 3.47. The Labute approximate surface area is 199 Å². The Morgan fingerprint density at radius 3 is 2.76 bits per heavy atom. The van der Waals surface area contributed by atoms with Crippen LogP contribution in [0, 0.1) is 5.92 Å². The third-order valence-electron chi connectivity index (χ3n) is 7.18. The SMILES string of the molecule is COCCn1cnc2cc(NC(=O)C3CCCCC3)cc(C(=O)NC3CCc4ccccc43)c21. The molecule has 7 nitrogen and oxygen atoms in total.